The highest BCUT2D eigenvalue weighted by Gasteiger charge is 2.33. The van der Waals surface area contributed by atoms with Gasteiger partial charge in [-0.05, 0) is 23.9 Å². The van der Waals surface area contributed by atoms with Crippen LogP contribution in [0.4, 0.5) is 18.9 Å². The number of halogens is 3. The quantitative estimate of drug-likeness (QED) is 0.840. The third kappa shape index (κ3) is 3.87. The Morgan fingerprint density at radius 3 is 2.65 bits per heavy atom. The summed E-state index contributed by atoms with van der Waals surface area (Å²) in [6.45, 7) is 0.457. The van der Waals surface area contributed by atoms with Crippen LogP contribution in [-0.4, -0.2) is 30.7 Å². The van der Waals surface area contributed by atoms with Gasteiger partial charge in [0, 0.05) is 10.9 Å². The van der Waals surface area contributed by atoms with Gasteiger partial charge in [-0.3, -0.25) is 4.79 Å². The van der Waals surface area contributed by atoms with Crippen molar-refractivity contribution in [3.63, 3.8) is 0 Å². The zero-order valence-corrected chi connectivity index (χ0v) is 11.1. The van der Waals surface area contributed by atoms with Crippen LogP contribution in [-0.2, 0) is 9.53 Å². The molecule has 0 saturated carbocycles. The Balaban J connectivity index is 2.11. The summed E-state index contributed by atoms with van der Waals surface area (Å²) in [6, 6.07) is 5.33. The van der Waals surface area contributed by atoms with E-state index in [0.29, 0.717) is 0 Å². The summed E-state index contributed by atoms with van der Waals surface area (Å²) in [5.41, 5.74) is 1.42. The molecule has 2 rings (SSSR count). The molecular weight excluding hydrogens is 293 g/mol. The number of hydrogen-bond acceptors (Lipinski definition) is 4. The van der Waals surface area contributed by atoms with Crippen molar-refractivity contribution in [2.24, 2.45) is 11.7 Å². The molecule has 4 nitrogen and oxygen atoms in total. The maximum atomic E-state index is 12.4. The predicted octanol–water partition coefficient (Wildman–Crippen LogP) is 2.21. The molecule has 2 atom stereocenters. The molecule has 1 aromatic rings. The van der Waals surface area contributed by atoms with E-state index in [1.807, 2.05) is 0 Å². The number of amides is 1. The number of para-hydroxylation sites is 1. The molecule has 0 bridgehead atoms. The molecule has 1 amide bonds. The van der Waals surface area contributed by atoms with Gasteiger partial charge in [0.2, 0.25) is 5.91 Å². The molecule has 110 valence electrons. The zero-order valence-electron chi connectivity index (χ0n) is 10.3. The number of nitrogens with two attached hydrogens (primary N) is 1. The van der Waals surface area contributed by atoms with Gasteiger partial charge in [0.1, 0.15) is 0 Å². The lowest BCUT2D eigenvalue weighted by Gasteiger charge is -2.16. The highest BCUT2D eigenvalue weighted by Crippen LogP contribution is 2.40. The van der Waals surface area contributed by atoms with Crippen LogP contribution in [0, 0.1) is 5.92 Å². The summed E-state index contributed by atoms with van der Waals surface area (Å²) < 4.78 is 42.4. The highest BCUT2D eigenvalue weighted by molar-refractivity contribution is 8.00. The summed E-state index contributed by atoms with van der Waals surface area (Å²) in [5, 5.41) is 2.49. The van der Waals surface area contributed by atoms with Crippen LogP contribution in [0.1, 0.15) is 0 Å². The fourth-order valence-electron chi connectivity index (χ4n) is 1.85. The van der Waals surface area contributed by atoms with Crippen LogP contribution in [0.3, 0.4) is 0 Å². The van der Waals surface area contributed by atoms with Crippen LogP contribution in [0.2, 0.25) is 0 Å². The van der Waals surface area contributed by atoms with E-state index in [-0.39, 0.29) is 35.6 Å². The average molecular weight is 306 g/mol. The van der Waals surface area contributed by atoms with Crippen molar-refractivity contribution in [2.75, 3.05) is 18.5 Å². The van der Waals surface area contributed by atoms with E-state index in [1.165, 1.54) is 18.2 Å². The molecule has 0 aliphatic carbocycles. The zero-order chi connectivity index (χ0) is 14.8. The second kappa shape index (κ2) is 6.02. The van der Waals surface area contributed by atoms with E-state index in [1.54, 1.807) is 6.07 Å². The molecule has 8 heteroatoms. The Kier molecular flexibility index (Phi) is 4.56. The number of alkyl halides is 3. The fraction of sp³-hybridized carbons (Fsp3) is 0.417. The number of carbonyl (C=O) groups excluding carboxylic acids is 1. The molecule has 2 unspecified atom stereocenters. The van der Waals surface area contributed by atoms with Crippen molar-refractivity contribution in [3.05, 3.63) is 24.3 Å². The summed E-state index contributed by atoms with van der Waals surface area (Å²) in [4.78, 5) is 11.9. The molecule has 1 aliphatic rings. The van der Waals surface area contributed by atoms with Gasteiger partial charge < -0.3 is 15.8 Å². The third-order valence-corrected chi connectivity index (χ3v) is 3.64. The van der Waals surface area contributed by atoms with Crippen LogP contribution in [0.25, 0.3) is 0 Å². The molecule has 1 heterocycles. The van der Waals surface area contributed by atoms with Crippen molar-refractivity contribution >= 4 is 23.4 Å². The number of nitrogens with one attached hydrogen (secondary N) is 1. The number of carbonyl (C=O) groups is 1. The largest absolute Gasteiger partial charge is 0.446 e. The van der Waals surface area contributed by atoms with Crippen molar-refractivity contribution in [3.8, 4) is 0 Å². The molecule has 3 N–H and O–H groups in total. The smallest absolute Gasteiger partial charge is 0.379 e. The van der Waals surface area contributed by atoms with Crippen LogP contribution >= 0.6 is 11.8 Å². The molecule has 1 saturated heterocycles. The second-order valence-electron chi connectivity index (χ2n) is 4.34. The van der Waals surface area contributed by atoms with Gasteiger partial charge in [0.25, 0.3) is 0 Å². The summed E-state index contributed by atoms with van der Waals surface area (Å²) in [5.74, 6) is -0.968. The van der Waals surface area contributed by atoms with Gasteiger partial charge in [0.05, 0.1) is 24.8 Å². The molecule has 0 radical (unpaired) electrons. The SMILES string of the molecule is NC1COCC1C(=O)Nc1ccccc1SC(F)(F)F. The number of ether oxygens (including phenoxy) is 1. The summed E-state index contributed by atoms with van der Waals surface area (Å²) in [7, 11) is 0. The van der Waals surface area contributed by atoms with Gasteiger partial charge in [-0.25, -0.2) is 0 Å². The maximum absolute atomic E-state index is 12.4. The fourth-order valence-corrected chi connectivity index (χ4v) is 2.47. The van der Waals surface area contributed by atoms with Gasteiger partial charge in [0.15, 0.2) is 0 Å². The Morgan fingerprint density at radius 2 is 2.05 bits per heavy atom. The second-order valence-corrected chi connectivity index (χ2v) is 5.45. The molecule has 1 aromatic carbocycles. The normalized spacial score (nSPS) is 22.8. The molecule has 0 spiro atoms. The number of rotatable bonds is 3. The molecule has 1 fully saturated rings. The Bertz CT molecular complexity index is 496. The standard InChI is InChI=1S/C12H13F3N2O2S/c13-12(14,15)20-10-4-2-1-3-9(10)17-11(18)7-5-19-6-8(7)16/h1-4,7-8H,5-6,16H2,(H,17,18). The molecule has 1 aliphatic heterocycles. The number of thioether (sulfide) groups is 1. The number of hydrogen-bond donors (Lipinski definition) is 2. The maximum Gasteiger partial charge on any atom is 0.446 e. The van der Waals surface area contributed by atoms with Gasteiger partial charge in [-0.15, -0.1) is 0 Å². The minimum absolute atomic E-state index is 0.0548. The number of anilines is 1. The Labute approximate surface area is 117 Å². The topological polar surface area (TPSA) is 64.3 Å². The highest BCUT2D eigenvalue weighted by atomic mass is 32.2. The van der Waals surface area contributed by atoms with E-state index >= 15 is 0 Å². The first-order valence-electron chi connectivity index (χ1n) is 5.86. The lowest BCUT2D eigenvalue weighted by atomic mass is 10.0. The van der Waals surface area contributed by atoms with E-state index in [2.05, 4.69) is 5.32 Å². The first kappa shape index (κ1) is 15.1. The lowest BCUT2D eigenvalue weighted by Crippen LogP contribution is -2.37. The van der Waals surface area contributed by atoms with E-state index in [9.17, 15) is 18.0 Å². The minimum Gasteiger partial charge on any atom is -0.379 e. The Hall–Kier alpha value is -1.25. The van der Waals surface area contributed by atoms with Gasteiger partial charge >= 0.3 is 5.51 Å². The Morgan fingerprint density at radius 1 is 1.35 bits per heavy atom. The van der Waals surface area contributed by atoms with E-state index in [0.717, 1.165) is 0 Å². The van der Waals surface area contributed by atoms with E-state index < -0.39 is 23.4 Å². The van der Waals surface area contributed by atoms with Crippen molar-refractivity contribution in [2.45, 2.75) is 16.4 Å². The van der Waals surface area contributed by atoms with Crippen LogP contribution in [0.15, 0.2) is 29.2 Å². The van der Waals surface area contributed by atoms with Crippen LogP contribution in [0.5, 0.6) is 0 Å². The molecular formula is C12H13F3N2O2S. The number of benzene rings is 1. The van der Waals surface area contributed by atoms with Crippen LogP contribution < -0.4 is 11.1 Å². The van der Waals surface area contributed by atoms with Gasteiger partial charge in [-0.1, -0.05) is 12.1 Å². The summed E-state index contributed by atoms with van der Waals surface area (Å²) in [6.07, 6.45) is 0. The molecule has 0 aromatic heterocycles. The first-order chi connectivity index (χ1) is 9.37. The van der Waals surface area contributed by atoms with Gasteiger partial charge in [-0.2, -0.15) is 13.2 Å². The first-order valence-corrected chi connectivity index (χ1v) is 6.67. The van der Waals surface area contributed by atoms with Crippen molar-refractivity contribution in [1.82, 2.24) is 0 Å². The monoisotopic (exact) mass is 306 g/mol. The summed E-state index contributed by atoms with van der Waals surface area (Å²) >= 11 is -0.265. The van der Waals surface area contributed by atoms with E-state index in [4.69, 9.17) is 10.5 Å². The molecule has 20 heavy (non-hydrogen) atoms. The third-order valence-electron chi connectivity index (χ3n) is 2.83. The average Bonchev–Trinajstić information content (AvgIpc) is 2.76. The lowest BCUT2D eigenvalue weighted by molar-refractivity contribution is -0.120. The van der Waals surface area contributed by atoms with Crippen molar-refractivity contribution in [1.29, 1.82) is 0 Å². The predicted molar refractivity (Wildman–Crippen MR) is 69.3 cm³/mol. The minimum atomic E-state index is -4.41. The van der Waals surface area contributed by atoms with Crippen molar-refractivity contribution < 1.29 is 22.7 Å².